The van der Waals surface area contributed by atoms with Crippen molar-refractivity contribution in [1.82, 2.24) is 30.7 Å². The highest BCUT2D eigenvalue weighted by molar-refractivity contribution is 8.07. The predicted octanol–water partition coefficient (Wildman–Crippen LogP) is 10.6. The number of fused-ring (bicyclic) bond motifs is 2. The number of nitrogens with zero attached hydrogens (tertiary/aromatic N) is 3. The lowest BCUT2D eigenvalue weighted by Gasteiger charge is -2.30. The van der Waals surface area contributed by atoms with E-state index in [4.69, 9.17) is 14.6 Å². The lowest BCUT2D eigenvalue weighted by atomic mass is 10.0. The Bertz CT molecular complexity index is 4210. The first kappa shape index (κ1) is 81.2. The predicted molar refractivity (Wildman–Crippen MR) is 390 cm³/mol. The molecule has 4 aliphatic heterocycles. The van der Waals surface area contributed by atoms with Crippen molar-refractivity contribution in [1.29, 1.82) is 0 Å². The van der Waals surface area contributed by atoms with Gasteiger partial charge in [-0.05, 0) is 149 Å². The molecule has 4 heterocycles. The molecule has 4 aromatic carbocycles. The number of carbonyl (C=O) groups is 8. The molecule has 6 N–H and O–H groups in total. The van der Waals surface area contributed by atoms with E-state index < -0.39 is 147 Å². The zero-order valence-electron chi connectivity index (χ0n) is 58.7. The van der Waals surface area contributed by atoms with Crippen LogP contribution in [0.5, 0.6) is 0 Å². The lowest BCUT2D eigenvalue weighted by Crippen LogP contribution is -2.56. The van der Waals surface area contributed by atoms with E-state index >= 15 is 0 Å². The fourth-order valence-corrected chi connectivity index (χ4v) is 17.5. The molecular formula is C76H91ClF4N8O15S2. The van der Waals surface area contributed by atoms with E-state index in [0.717, 1.165) is 50.5 Å². The van der Waals surface area contributed by atoms with E-state index in [9.17, 15) is 72.8 Å². The number of ether oxygens (including phenoxy) is 2. The summed E-state index contributed by atoms with van der Waals surface area (Å²) in [5, 5.41) is 20.1. The number of likely N-dealkylation sites (tertiary alicyclic amines) is 1. The molecule has 4 aromatic rings. The number of carbonyl (C=O) groups excluding carboxylic acids is 7. The Labute approximate surface area is 620 Å². The summed E-state index contributed by atoms with van der Waals surface area (Å²) in [6, 6.07) is 17.1. The molecule has 2 saturated heterocycles. The van der Waals surface area contributed by atoms with Crippen molar-refractivity contribution < 1.29 is 87.3 Å². The van der Waals surface area contributed by atoms with Crippen molar-refractivity contribution in [2.75, 3.05) is 23.7 Å². The Hall–Kier alpha value is -8.93. The van der Waals surface area contributed by atoms with Crippen LogP contribution in [0.25, 0.3) is 0 Å². The standard InChI is InChI=1S/C38H44F2N4O7S.C23H26FN3O6S.C15H20FNO2.ClH/c1-3-5-6-7-8-12-32(41-27-15-13-26(39)14-16-27)35(46)44-22-28(51-37(48)43-21-24-10-9-11-31(40)30(24)23-43)19-33(44)34(45)42-38(20-25(38)4-2)36(47)52(49,50)29-17-18-29;1-2-14-9-23(14,21(29)34(31,32)16-6-7-16)26-20(28)19-8-15(10-25-19)33-22(30)27-11-13-4-3-5-18(24)17(13)12-27;1-2-3-4-5-6-7-14(15(18)19)17-13-10-8-12(16)9-11-13;/h3-4,9-11,13-16,25,28-29,32-33,41H,1-2,5-8,12,17-23H2,(H,42,45);2-5,14-16,19,25H,1,6-12H2,(H,26,28);2,8-11,14,17H,1,3-7H2,(H,18,19);1H/t25-,28-,32+,33+,38-;14-,15-,19+,23-;14-;/m110./s1. The molecule has 23 nitrogen and oxygen atoms in total. The van der Waals surface area contributed by atoms with Gasteiger partial charge in [-0.1, -0.05) is 74.3 Å². The molecule has 0 aromatic heterocycles. The number of hydrogen-bond donors (Lipinski definition) is 6. The van der Waals surface area contributed by atoms with Crippen molar-refractivity contribution in [2.45, 2.75) is 200 Å². The molecule has 12 rings (SSSR count). The van der Waals surface area contributed by atoms with Crippen molar-refractivity contribution in [3.63, 3.8) is 0 Å². The first-order chi connectivity index (χ1) is 50.2. The molecule has 5 amide bonds. The lowest BCUT2D eigenvalue weighted by molar-refractivity contribution is -0.140. The Morgan fingerprint density at radius 1 is 0.575 bits per heavy atom. The molecule has 572 valence electrons. The quantitative estimate of drug-likeness (QED) is 0.0161. The van der Waals surface area contributed by atoms with E-state index in [1.165, 1.54) is 75.4 Å². The molecule has 6 fully saturated rings. The smallest absolute Gasteiger partial charge is 0.410 e. The third-order valence-electron chi connectivity index (χ3n) is 20.4. The molecule has 4 aliphatic carbocycles. The van der Waals surface area contributed by atoms with E-state index in [1.807, 2.05) is 12.2 Å². The Morgan fingerprint density at radius 3 is 1.44 bits per heavy atom. The molecule has 0 bridgehead atoms. The molecule has 8 aliphatic rings. The summed E-state index contributed by atoms with van der Waals surface area (Å²) in [6.45, 7) is 15.3. The Kier molecular flexibility index (Phi) is 26.9. The number of carboxylic acids is 1. The summed E-state index contributed by atoms with van der Waals surface area (Å²) >= 11 is 0. The summed E-state index contributed by atoms with van der Waals surface area (Å²) < 4.78 is 117. The molecule has 30 heteroatoms. The number of anilines is 2. The number of nitrogens with one attached hydrogen (secondary N) is 5. The van der Waals surface area contributed by atoms with E-state index in [2.05, 4.69) is 52.9 Å². The average Bonchev–Trinajstić information content (AvgIpc) is 1.56. The van der Waals surface area contributed by atoms with Gasteiger partial charge in [0.25, 0.3) is 10.2 Å². The topological polar surface area (TPSA) is 313 Å². The minimum atomic E-state index is -4.16. The number of hydrogen-bond acceptors (Lipinski definition) is 17. The summed E-state index contributed by atoms with van der Waals surface area (Å²) in [7, 11) is -8.12. The van der Waals surface area contributed by atoms with Crippen molar-refractivity contribution in [3.05, 3.63) is 181 Å². The van der Waals surface area contributed by atoms with Gasteiger partial charge < -0.3 is 46.1 Å². The minimum absolute atomic E-state index is 0. The van der Waals surface area contributed by atoms with Gasteiger partial charge in [0.2, 0.25) is 37.4 Å². The van der Waals surface area contributed by atoms with Crippen LogP contribution in [0.3, 0.4) is 0 Å². The van der Waals surface area contributed by atoms with Crippen LogP contribution in [0.4, 0.5) is 38.5 Å². The minimum Gasteiger partial charge on any atom is -0.480 e. The van der Waals surface area contributed by atoms with Gasteiger partial charge in [0.1, 0.15) is 64.7 Å². The second-order valence-corrected chi connectivity index (χ2v) is 32.3. The molecule has 0 radical (unpaired) electrons. The van der Waals surface area contributed by atoms with E-state index in [0.29, 0.717) is 73.0 Å². The third kappa shape index (κ3) is 19.4. The molecule has 106 heavy (non-hydrogen) atoms. The monoisotopic (exact) mass is 1530 g/mol. The third-order valence-corrected chi connectivity index (χ3v) is 24.9. The van der Waals surface area contributed by atoms with Crippen LogP contribution in [0, 0.1) is 35.1 Å². The largest absolute Gasteiger partial charge is 0.480 e. The van der Waals surface area contributed by atoms with Crippen LogP contribution in [-0.2, 0) is 84.1 Å². The number of sulfone groups is 2. The maximum absolute atomic E-state index is 14.4. The zero-order valence-corrected chi connectivity index (χ0v) is 61.2. The van der Waals surface area contributed by atoms with E-state index in [1.54, 1.807) is 36.4 Å². The molecule has 4 saturated carbocycles. The van der Waals surface area contributed by atoms with Crippen LogP contribution < -0.4 is 26.6 Å². The second-order valence-electron chi connectivity index (χ2n) is 28.1. The normalized spacial score (nSPS) is 23.5. The fourth-order valence-electron chi connectivity index (χ4n) is 13.8. The maximum Gasteiger partial charge on any atom is 0.410 e. The van der Waals surface area contributed by atoms with Crippen LogP contribution in [0.1, 0.15) is 138 Å². The SMILES string of the molecule is C=CCCCCC[C@H](Nc1ccc(F)cc1)C(=O)N1C[C@H](OC(=O)N2Cc3cccc(F)c3C2)C[C@H]1C(=O)N[C@]1(C(=O)S(=O)(=O)C2CC2)C[C@H]1C=C.C=CCCCCC[C@H](Nc1ccc(F)cc1)C(=O)O.C=C[C@@H]1C[C@]1(NC(=O)[C@@H]1C[C@@H](OC(=O)N2Cc3cccc(F)c3C2)CN1)C(=O)S(=O)(=O)C1CC1.Cl. The molecule has 0 unspecified atom stereocenters. The molecule has 10 atom stereocenters. The highest BCUT2D eigenvalue weighted by Crippen LogP contribution is 2.50. The summed E-state index contributed by atoms with van der Waals surface area (Å²) in [4.78, 5) is 109. The number of rotatable bonds is 30. The summed E-state index contributed by atoms with van der Waals surface area (Å²) in [6.07, 6.45) is 13.6. The number of carboxylic acid groups (broad SMARTS) is 1. The second kappa shape index (κ2) is 35.2. The first-order valence-electron chi connectivity index (χ1n) is 35.6. The number of aliphatic carboxylic acids is 1. The van der Waals surface area contributed by atoms with Gasteiger partial charge in [-0.25, -0.2) is 48.8 Å². The summed E-state index contributed by atoms with van der Waals surface area (Å²) in [5.74, 6) is -5.27. The Balaban J connectivity index is 0.000000205. The van der Waals surface area contributed by atoms with Crippen molar-refractivity contribution in [3.8, 4) is 0 Å². The fraction of sp³-hybridized carbons (Fsp3) is 0.474. The van der Waals surface area contributed by atoms with Gasteiger partial charge in [-0.3, -0.25) is 33.8 Å². The van der Waals surface area contributed by atoms with Gasteiger partial charge in [-0.2, -0.15) is 0 Å². The Morgan fingerprint density at radius 2 is 1.02 bits per heavy atom. The number of amides is 5. The van der Waals surface area contributed by atoms with Crippen LogP contribution >= 0.6 is 12.4 Å². The van der Waals surface area contributed by atoms with Gasteiger partial charge in [0.15, 0.2) is 0 Å². The van der Waals surface area contributed by atoms with Gasteiger partial charge in [0.05, 0.1) is 36.2 Å². The summed E-state index contributed by atoms with van der Waals surface area (Å²) in [5.41, 5.74) is 0.178. The molecular weight excluding hydrogens is 1440 g/mol. The first-order valence-corrected chi connectivity index (χ1v) is 38.7. The van der Waals surface area contributed by atoms with Gasteiger partial charge in [0, 0.05) is 66.8 Å². The van der Waals surface area contributed by atoms with Crippen LogP contribution in [0.15, 0.2) is 136 Å². The number of halogens is 5. The van der Waals surface area contributed by atoms with Crippen LogP contribution in [0.2, 0.25) is 0 Å². The van der Waals surface area contributed by atoms with Gasteiger partial charge >= 0.3 is 18.2 Å². The van der Waals surface area contributed by atoms with Crippen molar-refractivity contribution in [2.24, 2.45) is 11.8 Å². The van der Waals surface area contributed by atoms with Gasteiger partial charge in [-0.15, -0.1) is 38.7 Å². The number of unbranched alkanes of at least 4 members (excludes halogenated alkanes) is 6. The van der Waals surface area contributed by atoms with Crippen molar-refractivity contribution >= 4 is 89.6 Å². The maximum atomic E-state index is 14.4. The van der Waals surface area contributed by atoms with Crippen LogP contribution in [-0.4, -0.2) is 154 Å². The van der Waals surface area contributed by atoms with E-state index in [-0.39, 0.29) is 89.0 Å². The molecule has 0 spiro atoms. The number of benzene rings is 4. The highest BCUT2D eigenvalue weighted by atomic mass is 35.5. The number of allylic oxidation sites excluding steroid dienone is 2. The zero-order chi connectivity index (χ0) is 75.5. The highest BCUT2D eigenvalue weighted by Gasteiger charge is 2.67. The average molecular weight is 1530 g/mol.